The van der Waals surface area contributed by atoms with E-state index in [0.29, 0.717) is 58.9 Å². The molecule has 0 aliphatic carbocycles. The number of fused-ring (bicyclic) bond motifs is 1. The Balaban J connectivity index is 1.32. The monoisotopic (exact) mass is 1090 g/mol. The number of imidazole rings is 1. The van der Waals surface area contributed by atoms with Crippen LogP contribution in [-0.2, 0) is 51.0 Å². The Labute approximate surface area is 456 Å². The first-order valence-corrected chi connectivity index (χ1v) is 29.2. The number of ether oxygens (including phenoxy) is 3. The predicted octanol–water partition coefficient (Wildman–Crippen LogP) is 10.6. The summed E-state index contributed by atoms with van der Waals surface area (Å²) in [5.41, 5.74) is 9.08. The summed E-state index contributed by atoms with van der Waals surface area (Å²) in [5.74, 6) is -0.682. The summed E-state index contributed by atoms with van der Waals surface area (Å²) in [5, 5.41) is 3.35. The van der Waals surface area contributed by atoms with Crippen molar-refractivity contribution in [2.45, 2.75) is 155 Å². The zero-order valence-corrected chi connectivity index (χ0v) is 47.6. The number of aromatic nitrogens is 3. The third-order valence-electron chi connectivity index (χ3n) is 12.9. The number of nitrogens with one attached hydrogen (secondary N) is 1. The number of nitrogens with zero attached hydrogens (tertiary/aromatic N) is 6. The van der Waals surface area contributed by atoms with Crippen molar-refractivity contribution in [3.8, 4) is 0 Å². The lowest BCUT2D eigenvalue weighted by Gasteiger charge is -2.28. The molecule has 0 aliphatic rings. The van der Waals surface area contributed by atoms with Crippen molar-refractivity contribution in [2.24, 2.45) is 17.8 Å². The van der Waals surface area contributed by atoms with Crippen LogP contribution >= 0.6 is 7.82 Å². The highest BCUT2D eigenvalue weighted by atomic mass is 31.2. The van der Waals surface area contributed by atoms with E-state index in [1.54, 1.807) is 48.5 Å². The van der Waals surface area contributed by atoms with Crippen molar-refractivity contribution >= 4 is 60.1 Å². The van der Waals surface area contributed by atoms with Gasteiger partial charge in [0.05, 0.1) is 58.4 Å². The highest BCUT2D eigenvalue weighted by molar-refractivity contribution is 7.45. The number of amidine groups is 1. The molecule has 2 aromatic carbocycles. The summed E-state index contributed by atoms with van der Waals surface area (Å²) in [6.45, 7) is 4.05. The van der Waals surface area contributed by atoms with Crippen LogP contribution in [0.25, 0.3) is 11.0 Å². The van der Waals surface area contributed by atoms with Gasteiger partial charge >= 0.3 is 18.0 Å². The number of benzene rings is 2. The Kier molecular flexibility index (Phi) is 28.9. The van der Waals surface area contributed by atoms with Gasteiger partial charge in [0.2, 0.25) is 0 Å². The van der Waals surface area contributed by atoms with Gasteiger partial charge in [0.1, 0.15) is 37.2 Å². The van der Waals surface area contributed by atoms with E-state index >= 15 is 0 Å². The molecule has 0 fully saturated rings. The normalized spacial score (nSPS) is 13.0. The SMILES string of the molecule is CCCCCCCCCCCCCCCCC(=O)OC(COC(=O)CCN(C(=O)c1ccc2c(c1)nc(CNc1ccc(/C(N)=N/C(=O)OCCCCCC)cc1)n2C)c1ccccn1)COP(=O)([O-])OCC[N+](C)(C)C. The van der Waals surface area contributed by atoms with E-state index in [1.807, 2.05) is 44.9 Å². The second-order valence-electron chi connectivity index (χ2n) is 20.5. The fourth-order valence-corrected chi connectivity index (χ4v) is 9.01. The third kappa shape index (κ3) is 25.5. The molecule has 4 aromatic rings. The Morgan fingerprint density at radius 3 is 2.00 bits per heavy atom. The van der Waals surface area contributed by atoms with E-state index in [-0.39, 0.29) is 31.8 Å². The van der Waals surface area contributed by atoms with E-state index < -0.39 is 51.1 Å². The number of hydrogen-bond acceptors (Lipinski definition) is 14. The standard InChI is InChI=1S/C57H87N8O11P/c1-7-9-11-13-14-15-16-17-18-19-20-21-22-23-28-54(67)76-48(44-75-77(70,71)74-40-38-65(4,5)6)43-73-53(66)35-37-64(51-27-24-25-36-59-51)56(68)46-31-34-50-49(41-46)61-52(63(50)3)42-60-47-32-29-45(30-33-47)55(58)62-57(69)72-39-26-12-10-8-2/h24-25,27,29-34,36,41,48H,7-23,26,28,35,37-40,42-44H2,1-6H3,(H3-,58,60,62,69,70,71). The van der Waals surface area contributed by atoms with Crippen molar-refractivity contribution in [2.75, 3.05) is 70.9 Å². The number of phosphoric acid groups is 1. The summed E-state index contributed by atoms with van der Waals surface area (Å²) in [6, 6.07) is 17.4. The molecule has 2 amide bonds. The van der Waals surface area contributed by atoms with Crippen LogP contribution < -0.4 is 20.8 Å². The summed E-state index contributed by atoms with van der Waals surface area (Å²) < 4.78 is 41.6. The number of aliphatic imine (C=N–C) groups is 1. The van der Waals surface area contributed by atoms with Crippen molar-refractivity contribution in [3.63, 3.8) is 0 Å². The average molecular weight is 1090 g/mol. The second kappa shape index (κ2) is 34.9. The lowest BCUT2D eigenvalue weighted by molar-refractivity contribution is -0.870. The van der Waals surface area contributed by atoms with Crippen LogP contribution in [0.3, 0.4) is 0 Å². The molecule has 2 aromatic heterocycles. The second-order valence-corrected chi connectivity index (χ2v) is 21.9. The molecule has 0 radical (unpaired) electrons. The number of likely N-dealkylation sites (N-methyl/N-ethyl adjacent to an activating group) is 1. The molecular weight excluding hydrogens is 1000 g/mol. The number of pyridine rings is 1. The first-order valence-electron chi connectivity index (χ1n) is 27.8. The van der Waals surface area contributed by atoms with Crippen LogP contribution in [0.2, 0.25) is 0 Å². The quantitative estimate of drug-likeness (QED) is 0.00803. The number of rotatable bonds is 39. The van der Waals surface area contributed by atoms with Gasteiger partial charge in [-0.1, -0.05) is 123 Å². The lowest BCUT2D eigenvalue weighted by atomic mass is 10.0. The van der Waals surface area contributed by atoms with Crippen LogP contribution in [0.4, 0.5) is 16.3 Å². The van der Waals surface area contributed by atoms with Gasteiger partial charge in [-0.3, -0.25) is 23.8 Å². The van der Waals surface area contributed by atoms with Crippen molar-refractivity contribution < 1.29 is 56.4 Å². The molecule has 0 aliphatic heterocycles. The highest BCUT2D eigenvalue weighted by Gasteiger charge is 2.25. The van der Waals surface area contributed by atoms with Gasteiger partial charge in [-0.25, -0.2) is 14.8 Å². The molecule has 0 spiro atoms. The maximum absolute atomic E-state index is 14.3. The van der Waals surface area contributed by atoms with Crippen molar-refractivity contribution in [3.05, 3.63) is 83.8 Å². The maximum Gasteiger partial charge on any atom is 0.435 e. The Morgan fingerprint density at radius 2 is 1.38 bits per heavy atom. The van der Waals surface area contributed by atoms with Gasteiger partial charge in [0.25, 0.3) is 13.7 Å². The van der Waals surface area contributed by atoms with Crippen LogP contribution in [0.1, 0.15) is 164 Å². The minimum atomic E-state index is -4.79. The number of quaternary nitrogens is 1. The smallest absolute Gasteiger partial charge is 0.435 e. The van der Waals surface area contributed by atoms with Crippen LogP contribution in [0.5, 0.6) is 0 Å². The third-order valence-corrected chi connectivity index (χ3v) is 13.9. The van der Waals surface area contributed by atoms with Gasteiger partial charge in [-0.05, 0) is 67.4 Å². The number of esters is 2. The number of amides is 2. The fourth-order valence-electron chi connectivity index (χ4n) is 8.28. The molecule has 0 saturated heterocycles. The van der Waals surface area contributed by atoms with E-state index in [4.69, 9.17) is 34.0 Å². The van der Waals surface area contributed by atoms with E-state index in [0.717, 1.165) is 56.1 Å². The average Bonchev–Trinajstić information content (AvgIpc) is 3.73. The summed E-state index contributed by atoms with van der Waals surface area (Å²) in [4.78, 5) is 79.9. The van der Waals surface area contributed by atoms with Gasteiger partial charge in [-0.15, -0.1) is 0 Å². The Morgan fingerprint density at radius 1 is 0.753 bits per heavy atom. The molecule has 3 N–H and O–H groups in total. The molecule has 19 nitrogen and oxygen atoms in total. The molecule has 77 heavy (non-hydrogen) atoms. The highest BCUT2D eigenvalue weighted by Crippen LogP contribution is 2.38. The summed E-state index contributed by atoms with van der Waals surface area (Å²) in [6.07, 6.45) is 19.8. The van der Waals surface area contributed by atoms with E-state index in [9.17, 15) is 28.6 Å². The predicted molar refractivity (Wildman–Crippen MR) is 299 cm³/mol. The number of hydrogen-bond donors (Lipinski definition) is 2. The van der Waals surface area contributed by atoms with Gasteiger partial charge in [0.15, 0.2) is 6.10 Å². The van der Waals surface area contributed by atoms with Gasteiger partial charge in [-0.2, -0.15) is 4.99 Å². The molecule has 20 heteroatoms. The minimum Gasteiger partial charge on any atom is -0.756 e. The fraction of sp³-hybridized carbons (Fsp3) is 0.596. The molecule has 2 unspecified atom stereocenters. The first-order chi connectivity index (χ1) is 37.0. The zero-order valence-electron chi connectivity index (χ0n) is 46.7. The summed E-state index contributed by atoms with van der Waals surface area (Å²) >= 11 is 0. The van der Waals surface area contributed by atoms with Crippen molar-refractivity contribution in [1.29, 1.82) is 0 Å². The van der Waals surface area contributed by atoms with E-state index in [1.165, 1.54) is 75.3 Å². The Hall–Kier alpha value is -5.72. The number of carbonyl (C=O) groups excluding carboxylic acids is 4. The van der Waals surface area contributed by atoms with E-state index in [2.05, 4.69) is 29.1 Å². The lowest BCUT2D eigenvalue weighted by Crippen LogP contribution is -2.37. The van der Waals surface area contributed by atoms with Crippen LogP contribution in [-0.4, -0.2) is 116 Å². The molecule has 2 heterocycles. The number of unbranched alkanes of at least 4 members (excludes halogenated alkanes) is 16. The molecule has 0 bridgehead atoms. The van der Waals surface area contributed by atoms with Gasteiger partial charge in [0, 0.05) is 43.0 Å². The number of phosphoric ester groups is 1. The first kappa shape index (κ1) is 63.8. The zero-order chi connectivity index (χ0) is 55.9. The number of anilines is 2. The van der Waals surface area contributed by atoms with Gasteiger partial charge < -0.3 is 48.3 Å². The number of carbonyl (C=O) groups is 4. The van der Waals surface area contributed by atoms with Crippen LogP contribution in [0.15, 0.2) is 71.9 Å². The topological polar surface area (TPSA) is 239 Å². The Bertz CT molecular complexity index is 2460. The molecule has 4 rings (SSSR count). The molecular formula is C57H87N8O11P. The van der Waals surface area contributed by atoms with Crippen LogP contribution in [0, 0.1) is 0 Å². The minimum absolute atomic E-state index is 0.0572. The molecule has 426 valence electrons. The number of nitrogens with two attached hydrogens (primary N) is 1. The largest absolute Gasteiger partial charge is 0.756 e. The maximum atomic E-state index is 14.3. The molecule has 0 saturated carbocycles. The van der Waals surface area contributed by atoms with Crippen molar-refractivity contribution in [1.82, 2.24) is 14.5 Å². The number of aryl methyl sites for hydroxylation is 1. The molecule has 2 atom stereocenters. The summed E-state index contributed by atoms with van der Waals surface area (Å²) in [7, 11) is 2.76.